The summed E-state index contributed by atoms with van der Waals surface area (Å²) in [7, 11) is 0. The van der Waals surface area contributed by atoms with Crippen molar-refractivity contribution < 1.29 is 4.74 Å². The minimum absolute atomic E-state index is 0.279. The van der Waals surface area contributed by atoms with Crippen molar-refractivity contribution in [3.8, 4) is 0 Å². The van der Waals surface area contributed by atoms with E-state index in [1.54, 1.807) is 0 Å². The Morgan fingerprint density at radius 3 is 3.00 bits per heavy atom. The molecule has 0 spiro atoms. The normalized spacial score (nSPS) is 47.1. The molecule has 2 bridgehead atoms. The first-order valence-corrected chi connectivity index (χ1v) is 4.42. The molecule has 1 aliphatic heterocycles. The smallest absolute Gasteiger partial charge is 0.0657 e. The van der Waals surface area contributed by atoms with Crippen molar-refractivity contribution in [3.63, 3.8) is 0 Å². The van der Waals surface area contributed by atoms with Gasteiger partial charge in [0.05, 0.1) is 5.60 Å². The molecule has 1 aliphatic carbocycles. The minimum Gasteiger partial charge on any atom is -0.375 e. The fraction of sp³-hybridized carbons (Fsp3) is 1.00. The Labute approximate surface area is 62.8 Å². The van der Waals surface area contributed by atoms with Gasteiger partial charge in [0, 0.05) is 6.61 Å². The molecule has 0 aromatic carbocycles. The Bertz CT molecular complexity index is 121. The van der Waals surface area contributed by atoms with Crippen molar-refractivity contribution >= 4 is 0 Å². The molecule has 1 nitrogen and oxygen atoms in total. The van der Waals surface area contributed by atoms with Crippen molar-refractivity contribution in [3.05, 3.63) is 0 Å². The second-order valence-electron chi connectivity index (χ2n) is 4.05. The lowest BCUT2D eigenvalue weighted by molar-refractivity contribution is -0.109. The van der Waals surface area contributed by atoms with E-state index < -0.39 is 0 Å². The molecular weight excluding hydrogens is 124 g/mol. The van der Waals surface area contributed by atoms with Crippen LogP contribution in [-0.4, -0.2) is 12.2 Å². The van der Waals surface area contributed by atoms with Crippen LogP contribution in [0.2, 0.25) is 0 Å². The molecule has 1 heterocycles. The first kappa shape index (κ1) is 6.66. The lowest BCUT2D eigenvalue weighted by Crippen LogP contribution is -2.40. The minimum atomic E-state index is 0.279. The van der Waals surface area contributed by atoms with Crippen LogP contribution in [0.5, 0.6) is 0 Å². The summed E-state index contributed by atoms with van der Waals surface area (Å²) < 4.78 is 5.74. The highest BCUT2D eigenvalue weighted by atomic mass is 16.5. The largest absolute Gasteiger partial charge is 0.375 e. The Kier molecular flexibility index (Phi) is 1.48. The molecule has 1 heteroatoms. The summed E-state index contributed by atoms with van der Waals surface area (Å²) in [5.41, 5.74) is 0.279. The third kappa shape index (κ3) is 1.07. The van der Waals surface area contributed by atoms with Crippen LogP contribution in [0.15, 0.2) is 0 Å². The first-order valence-electron chi connectivity index (χ1n) is 4.42. The fourth-order valence-electron chi connectivity index (χ4n) is 2.43. The van der Waals surface area contributed by atoms with E-state index in [2.05, 4.69) is 6.92 Å². The van der Waals surface area contributed by atoms with E-state index >= 15 is 0 Å². The molecule has 2 aliphatic rings. The van der Waals surface area contributed by atoms with Crippen LogP contribution >= 0.6 is 0 Å². The van der Waals surface area contributed by atoms with Crippen LogP contribution in [0.4, 0.5) is 0 Å². The van der Waals surface area contributed by atoms with E-state index in [1.807, 2.05) is 0 Å². The van der Waals surface area contributed by atoms with Crippen LogP contribution in [0.3, 0.4) is 0 Å². The number of hydrogen-bond donors (Lipinski definition) is 0. The van der Waals surface area contributed by atoms with E-state index in [0.717, 1.165) is 12.5 Å². The molecule has 1 saturated carbocycles. The van der Waals surface area contributed by atoms with Crippen molar-refractivity contribution in [2.75, 3.05) is 6.61 Å². The van der Waals surface area contributed by atoms with Gasteiger partial charge in [0.2, 0.25) is 0 Å². The number of hydrogen-bond acceptors (Lipinski definition) is 1. The maximum atomic E-state index is 5.74. The van der Waals surface area contributed by atoms with Gasteiger partial charge in [-0.25, -0.2) is 0 Å². The Morgan fingerprint density at radius 1 is 1.40 bits per heavy atom. The second-order valence-corrected chi connectivity index (χ2v) is 4.05. The highest BCUT2D eigenvalue weighted by Gasteiger charge is 2.35. The van der Waals surface area contributed by atoms with Crippen molar-refractivity contribution in [2.24, 2.45) is 5.92 Å². The summed E-state index contributed by atoms with van der Waals surface area (Å²) in [6.45, 7) is 3.29. The summed E-state index contributed by atoms with van der Waals surface area (Å²) in [6, 6.07) is 0. The standard InChI is InChI=1S/C9H16O/c1-9-5-2-3-8(7-9)4-6-10-9/h8H,2-7H2,1H3. The molecule has 2 unspecified atom stereocenters. The van der Waals surface area contributed by atoms with Crippen LogP contribution in [0.1, 0.15) is 39.0 Å². The molecule has 2 fully saturated rings. The van der Waals surface area contributed by atoms with Gasteiger partial charge in [-0.05, 0) is 32.1 Å². The molecule has 0 aromatic rings. The van der Waals surface area contributed by atoms with E-state index in [4.69, 9.17) is 4.74 Å². The van der Waals surface area contributed by atoms with Gasteiger partial charge < -0.3 is 4.74 Å². The SMILES string of the molecule is CC12CCCC(CCO1)C2. The van der Waals surface area contributed by atoms with Gasteiger partial charge in [-0.1, -0.05) is 12.8 Å². The van der Waals surface area contributed by atoms with E-state index in [9.17, 15) is 0 Å². The molecular formula is C9H16O. The molecule has 0 N–H and O–H groups in total. The van der Waals surface area contributed by atoms with Crippen LogP contribution in [-0.2, 0) is 4.74 Å². The lowest BCUT2D eigenvalue weighted by atomic mass is 9.76. The predicted octanol–water partition coefficient (Wildman–Crippen LogP) is 2.36. The topological polar surface area (TPSA) is 9.23 Å². The molecule has 0 radical (unpaired) electrons. The van der Waals surface area contributed by atoms with Crippen LogP contribution < -0.4 is 0 Å². The average molecular weight is 140 g/mol. The highest BCUT2D eigenvalue weighted by molar-refractivity contribution is 4.87. The van der Waals surface area contributed by atoms with Gasteiger partial charge >= 0.3 is 0 Å². The van der Waals surface area contributed by atoms with E-state index in [-0.39, 0.29) is 5.60 Å². The zero-order valence-corrected chi connectivity index (χ0v) is 6.73. The summed E-state index contributed by atoms with van der Waals surface area (Å²) in [5.74, 6) is 0.993. The van der Waals surface area contributed by atoms with Gasteiger partial charge in [0.25, 0.3) is 0 Å². The van der Waals surface area contributed by atoms with Gasteiger partial charge in [0.15, 0.2) is 0 Å². The summed E-state index contributed by atoms with van der Waals surface area (Å²) >= 11 is 0. The van der Waals surface area contributed by atoms with Crippen molar-refractivity contribution in [2.45, 2.75) is 44.6 Å². The number of rotatable bonds is 0. The van der Waals surface area contributed by atoms with Gasteiger partial charge in [-0.2, -0.15) is 0 Å². The molecule has 10 heavy (non-hydrogen) atoms. The first-order chi connectivity index (χ1) is 4.79. The summed E-state index contributed by atoms with van der Waals surface area (Å²) in [5, 5.41) is 0. The molecule has 0 aromatic heterocycles. The molecule has 58 valence electrons. The number of fused-ring (bicyclic) bond motifs is 2. The third-order valence-corrected chi connectivity index (χ3v) is 3.02. The monoisotopic (exact) mass is 140 g/mol. The molecule has 0 amide bonds. The predicted molar refractivity (Wildman–Crippen MR) is 40.9 cm³/mol. The Hall–Kier alpha value is -0.0400. The Balaban J connectivity index is 2.07. The van der Waals surface area contributed by atoms with E-state index in [1.165, 1.54) is 32.1 Å². The van der Waals surface area contributed by atoms with Gasteiger partial charge in [0.1, 0.15) is 0 Å². The van der Waals surface area contributed by atoms with Crippen LogP contribution in [0, 0.1) is 5.92 Å². The molecule has 2 atom stereocenters. The zero-order valence-electron chi connectivity index (χ0n) is 6.73. The van der Waals surface area contributed by atoms with Crippen molar-refractivity contribution in [1.82, 2.24) is 0 Å². The maximum absolute atomic E-state index is 5.74. The number of ether oxygens (including phenoxy) is 1. The summed E-state index contributed by atoms with van der Waals surface area (Å²) in [4.78, 5) is 0. The lowest BCUT2D eigenvalue weighted by Gasteiger charge is -2.42. The second kappa shape index (κ2) is 2.23. The van der Waals surface area contributed by atoms with Crippen LogP contribution in [0.25, 0.3) is 0 Å². The average Bonchev–Trinajstić information content (AvgIpc) is 1.86. The fourth-order valence-corrected chi connectivity index (χ4v) is 2.43. The van der Waals surface area contributed by atoms with Crippen molar-refractivity contribution in [1.29, 1.82) is 0 Å². The quantitative estimate of drug-likeness (QED) is 0.502. The van der Waals surface area contributed by atoms with Gasteiger partial charge in [-0.3, -0.25) is 0 Å². The molecule has 1 saturated heterocycles. The Morgan fingerprint density at radius 2 is 2.30 bits per heavy atom. The van der Waals surface area contributed by atoms with Gasteiger partial charge in [-0.15, -0.1) is 0 Å². The molecule has 2 rings (SSSR count). The zero-order chi connectivity index (χ0) is 7.03. The summed E-state index contributed by atoms with van der Waals surface area (Å²) in [6.07, 6.45) is 6.78. The van der Waals surface area contributed by atoms with E-state index in [0.29, 0.717) is 0 Å². The highest BCUT2D eigenvalue weighted by Crippen LogP contribution is 2.40. The maximum Gasteiger partial charge on any atom is 0.0657 e. The third-order valence-electron chi connectivity index (χ3n) is 3.02.